The monoisotopic (exact) mass is 521 g/mol. The number of hydrogen-bond donors (Lipinski definition) is 2. The molecule has 0 radical (unpaired) electrons. The van der Waals surface area contributed by atoms with Crippen molar-refractivity contribution >= 4 is 34.8 Å². The van der Waals surface area contributed by atoms with E-state index in [-0.39, 0.29) is 16.5 Å². The summed E-state index contributed by atoms with van der Waals surface area (Å²) >= 11 is 12.2. The molecule has 6 heteroatoms. The minimum atomic E-state index is -0.759. The highest BCUT2D eigenvalue weighted by Gasteiger charge is 2.19. The van der Waals surface area contributed by atoms with Crippen LogP contribution in [0.5, 0.6) is 11.5 Å². The third kappa shape index (κ3) is 10.3. The molecule has 2 N–H and O–H groups in total. The van der Waals surface area contributed by atoms with Crippen molar-refractivity contribution in [3.8, 4) is 11.5 Å². The lowest BCUT2D eigenvalue weighted by molar-refractivity contribution is -0.122. The molecule has 194 valence electrons. The highest BCUT2D eigenvalue weighted by molar-refractivity contribution is 6.37. The first-order valence-electron chi connectivity index (χ1n) is 13.1. The van der Waals surface area contributed by atoms with Crippen LogP contribution in [0.25, 0.3) is 0 Å². The van der Waals surface area contributed by atoms with Gasteiger partial charge in [-0.1, -0.05) is 106 Å². The first-order valence-corrected chi connectivity index (χ1v) is 13.8. The number of hydrogen-bond acceptors (Lipinski definition) is 3. The molecule has 0 heterocycles. The van der Waals surface area contributed by atoms with Crippen LogP contribution in [0, 0.1) is 6.92 Å². The predicted molar refractivity (Wildman–Crippen MR) is 148 cm³/mol. The Balaban J connectivity index is 1.67. The van der Waals surface area contributed by atoms with Crippen molar-refractivity contribution in [2.45, 2.75) is 104 Å². The molecule has 0 fully saturated rings. The maximum absolute atomic E-state index is 12.5. The van der Waals surface area contributed by atoms with Crippen LogP contribution in [0.2, 0.25) is 10.0 Å². The Labute approximate surface area is 221 Å². The Hall–Kier alpha value is -1.91. The SMILES string of the molecule is CCCCCCCCCCCCCc1ccc(OC(C)C(=O)Nc2cc(Cl)c(C)c(Cl)c2O)cc1. The number of unbranched alkanes of at least 4 members (excludes halogenated alkanes) is 10. The molecule has 1 unspecified atom stereocenters. The average molecular weight is 523 g/mol. The van der Waals surface area contributed by atoms with Gasteiger partial charge in [-0.25, -0.2) is 0 Å². The van der Waals surface area contributed by atoms with Crippen LogP contribution in [0.15, 0.2) is 30.3 Å². The van der Waals surface area contributed by atoms with Gasteiger partial charge in [0.05, 0.1) is 10.7 Å². The minimum absolute atomic E-state index is 0.120. The van der Waals surface area contributed by atoms with Gasteiger partial charge in [0.1, 0.15) is 5.75 Å². The highest BCUT2D eigenvalue weighted by atomic mass is 35.5. The number of carbonyl (C=O) groups is 1. The maximum Gasteiger partial charge on any atom is 0.265 e. The number of halogens is 2. The number of phenolic OH excluding ortho intramolecular Hbond substituents is 1. The fraction of sp³-hybridized carbons (Fsp3) is 0.552. The third-order valence-corrected chi connectivity index (χ3v) is 7.21. The molecule has 1 atom stereocenters. The molecule has 2 aromatic carbocycles. The topological polar surface area (TPSA) is 58.6 Å². The maximum atomic E-state index is 12.5. The van der Waals surface area contributed by atoms with Gasteiger partial charge in [-0.05, 0) is 56.0 Å². The zero-order valence-electron chi connectivity index (χ0n) is 21.5. The molecule has 0 aliphatic heterocycles. The smallest absolute Gasteiger partial charge is 0.265 e. The van der Waals surface area contributed by atoms with E-state index >= 15 is 0 Å². The van der Waals surface area contributed by atoms with Crippen LogP contribution in [0.1, 0.15) is 95.6 Å². The number of carbonyl (C=O) groups excluding carboxylic acids is 1. The summed E-state index contributed by atoms with van der Waals surface area (Å²) in [7, 11) is 0. The number of anilines is 1. The number of rotatable bonds is 16. The van der Waals surface area contributed by atoms with Gasteiger partial charge in [0.15, 0.2) is 11.9 Å². The van der Waals surface area contributed by atoms with E-state index in [1.165, 1.54) is 82.3 Å². The first-order chi connectivity index (χ1) is 16.8. The molecule has 0 aliphatic rings. The highest BCUT2D eigenvalue weighted by Crippen LogP contribution is 2.38. The molecule has 4 nitrogen and oxygen atoms in total. The van der Waals surface area contributed by atoms with E-state index in [0.717, 1.165) is 6.42 Å². The molecular formula is C29H41Cl2NO3. The molecule has 0 saturated carbocycles. The number of aryl methyl sites for hydroxylation is 1. The van der Waals surface area contributed by atoms with Crippen LogP contribution in [-0.2, 0) is 11.2 Å². The summed E-state index contributed by atoms with van der Waals surface area (Å²) in [6, 6.07) is 9.39. The number of phenols is 1. The summed E-state index contributed by atoms with van der Waals surface area (Å²) in [5, 5.41) is 13.3. The molecule has 1 amide bonds. The van der Waals surface area contributed by atoms with Gasteiger partial charge in [0, 0.05) is 5.02 Å². The van der Waals surface area contributed by atoms with E-state index in [1.54, 1.807) is 13.8 Å². The summed E-state index contributed by atoms with van der Waals surface area (Å²) < 4.78 is 5.78. The lowest BCUT2D eigenvalue weighted by atomic mass is 10.0. The summed E-state index contributed by atoms with van der Waals surface area (Å²) in [5.41, 5.74) is 1.99. The fourth-order valence-corrected chi connectivity index (χ4v) is 4.47. The molecule has 35 heavy (non-hydrogen) atoms. The van der Waals surface area contributed by atoms with Crippen LogP contribution in [0.3, 0.4) is 0 Å². The molecular weight excluding hydrogens is 481 g/mol. The molecule has 0 spiro atoms. The first kappa shape index (κ1) is 29.3. The Morgan fingerprint density at radius 2 is 1.49 bits per heavy atom. The van der Waals surface area contributed by atoms with E-state index in [9.17, 15) is 9.90 Å². The van der Waals surface area contributed by atoms with Gasteiger partial charge < -0.3 is 15.2 Å². The number of amides is 1. The summed E-state index contributed by atoms with van der Waals surface area (Å²) in [5.74, 6) is 0.0155. The second-order valence-corrected chi connectivity index (χ2v) is 10.2. The van der Waals surface area contributed by atoms with Crippen LogP contribution in [0.4, 0.5) is 5.69 Å². The number of ether oxygens (including phenoxy) is 1. The minimum Gasteiger partial charge on any atom is -0.504 e. The van der Waals surface area contributed by atoms with Crippen molar-refractivity contribution in [2.24, 2.45) is 0 Å². The summed E-state index contributed by atoms with van der Waals surface area (Å²) in [6.07, 6.45) is 15.1. The Bertz CT molecular complexity index is 915. The van der Waals surface area contributed by atoms with E-state index in [4.69, 9.17) is 27.9 Å². The van der Waals surface area contributed by atoms with Gasteiger partial charge in [-0.2, -0.15) is 0 Å². The van der Waals surface area contributed by atoms with E-state index in [2.05, 4.69) is 24.4 Å². The fourth-order valence-electron chi connectivity index (χ4n) is 4.02. The zero-order valence-corrected chi connectivity index (χ0v) is 23.0. The summed E-state index contributed by atoms with van der Waals surface area (Å²) in [4.78, 5) is 12.5. The number of nitrogens with one attached hydrogen (secondary N) is 1. The van der Waals surface area contributed by atoms with Crippen molar-refractivity contribution in [1.82, 2.24) is 0 Å². The van der Waals surface area contributed by atoms with Gasteiger partial charge in [-0.3, -0.25) is 4.79 Å². The lowest BCUT2D eigenvalue weighted by Crippen LogP contribution is -2.30. The van der Waals surface area contributed by atoms with Crippen LogP contribution < -0.4 is 10.1 Å². The number of benzene rings is 2. The van der Waals surface area contributed by atoms with Crippen molar-refractivity contribution in [3.63, 3.8) is 0 Å². The number of aromatic hydroxyl groups is 1. The third-order valence-electron chi connectivity index (χ3n) is 6.35. The molecule has 2 aromatic rings. The van der Waals surface area contributed by atoms with Crippen molar-refractivity contribution in [2.75, 3.05) is 5.32 Å². The van der Waals surface area contributed by atoms with Crippen LogP contribution in [-0.4, -0.2) is 17.1 Å². The lowest BCUT2D eigenvalue weighted by Gasteiger charge is -2.17. The zero-order chi connectivity index (χ0) is 25.6. The van der Waals surface area contributed by atoms with Gasteiger partial charge >= 0.3 is 0 Å². The van der Waals surface area contributed by atoms with Gasteiger partial charge in [-0.15, -0.1) is 0 Å². The van der Waals surface area contributed by atoms with Crippen LogP contribution >= 0.6 is 23.2 Å². The average Bonchev–Trinajstić information content (AvgIpc) is 2.85. The Morgan fingerprint density at radius 3 is 2.06 bits per heavy atom. The molecule has 2 rings (SSSR count). The second kappa shape index (κ2) is 16.0. The van der Waals surface area contributed by atoms with E-state index < -0.39 is 12.0 Å². The van der Waals surface area contributed by atoms with Gasteiger partial charge in [0.25, 0.3) is 5.91 Å². The molecule has 0 bridgehead atoms. The van der Waals surface area contributed by atoms with E-state index in [1.807, 2.05) is 12.1 Å². The quantitative estimate of drug-likeness (QED) is 0.171. The molecule has 0 aromatic heterocycles. The summed E-state index contributed by atoms with van der Waals surface area (Å²) in [6.45, 7) is 5.62. The van der Waals surface area contributed by atoms with Gasteiger partial charge in [0.2, 0.25) is 0 Å². The van der Waals surface area contributed by atoms with Crippen molar-refractivity contribution in [3.05, 3.63) is 51.5 Å². The van der Waals surface area contributed by atoms with Crippen molar-refractivity contribution < 1.29 is 14.6 Å². The van der Waals surface area contributed by atoms with E-state index in [0.29, 0.717) is 16.3 Å². The second-order valence-electron chi connectivity index (χ2n) is 9.37. The largest absolute Gasteiger partial charge is 0.504 e. The molecule has 0 aliphatic carbocycles. The predicted octanol–water partition coefficient (Wildman–Crippen LogP) is 9.27. The Morgan fingerprint density at radius 1 is 0.943 bits per heavy atom. The Kier molecular flexibility index (Phi) is 13.4. The molecule has 0 saturated heterocycles. The van der Waals surface area contributed by atoms with Crippen molar-refractivity contribution in [1.29, 1.82) is 0 Å². The normalized spacial score (nSPS) is 11.9. The standard InChI is InChI=1S/C29H41Cl2NO3/c1-4-5-6-7-8-9-10-11-12-13-14-15-23-16-18-24(19-17-23)35-22(3)29(34)32-26-20-25(30)21(2)27(31)28(26)33/h16-20,22,33H,4-15H2,1-3H3,(H,32,34).